The first kappa shape index (κ1) is 20.0. The Morgan fingerprint density at radius 3 is 2.57 bits per heavy atom. The number of rotatable bonds is 8. The van der Waals surface area contributed by atoms with Crippen LogP contribution in [-0.4, -0.2) is 36.2 Å². The van der Waals surface area contributed by atoms with Gasteiger partial charge in [0.05, 0.1) is 14.2 Å². The molecule has 146 valence electrons. The number of ether oxygens (including phenoxy) is 2. The van der Waals surface area contributed by atoms with E-state index in [1.54, 1.807) is 44.2 Å². The topological polar surface area (TPSA) is 85.4 Å². The number of nitrogens with one attached hydrogen (secondary N) is 2. The summed E-state index contributed by atoms with van der Waals surface area (Å²) in [6, 6.07) is 15.0. The third-order valence-electron chi connectivity index (χ3n) is 3.73. The van der Waals surface area contributed by atoms with Crippen molar-refractivity contribution in [2.45, 2.75) is 10.8 Å². The highest BCUT2D eigenvalue weighted by molar-refractivity contribution is 8.01. The Kier molecular flexibility index (Phi) is 7.10. The highest BCUT2D eigenvalue weighted by atomic mass is 32.2. The van der Waals surface area contributed by atoms with Gasteiger partial charge < -0.3 is 14.8 Å². The largest absolute Gasteiger partial charge is 0.493 e. The molecule has 3 rings (SSSR count). The molecule has 0 bridgehead atoms. The molecule has 0 radical (unpaired) electrons. The molecule has 0 aliphatic carbocycles. The number of carbonyl (C=O) groups excluding carboxylic acids is 1. The van der Waals surface area contributed by atoms with Crippen LogP contribution in [0.3, 0.4) is 0 Å². The molecule has 3 aromatic rings. The van der Waals surface area contributed by atoms with Crippen LogP contribution in [0.4, 0.5) is 15.6 Å². The summed E-state index contributed by atoms with van der Waals surface area (Å²) >= 11 is 2.96. The second-order valence-corrected chi connectivity index (χ2v) is 7.93. The van der Waals surface area contributed by atoms with Crippen LogP contribution in [0.25, 0.3) is 0 Å². The maximum absolute atomic E-state index is 12.2. The summed E-state index contributed by atoms with van der Waals surface area (Å²) in [5.74, 6) is 2.03. The third-order valence-corrected chi connectivity index (χ3v) is 5.70. The number of aryl methyl sites for hydroxylation is 1. The van der Waals surface area contributed by atoms with E-state index in [9.17, 15) is 4.79 Å². The van der Waals surface area contributed by atoms with Crippen LogP contribution >= 0.6 is 23.1 Å². The Morgan fingerprint density at radius 2 is 1.82 bits per heavy atom. The molecule has 0 saturated heterocycles. The first-order chi connectivity index (χ1) is 13.7. The van der Waals surface area contributed by atoms with Gasteiger partial charge in [0, 0.05) is 17.5 Å². The summed E-state index contributed by atoms with van der Waals surface area (Å²) in [6.45, 7) is 0. The molecule has 0 unspecified atom stereocenters. The van der Waals surface area contributed by atoms with Crippen LogP contribution in [-0.2, 0) is 6.42 Å². The number of anilines is 2. The Morgan fingerprint density at radius 1 is 1.04 bits per heavy atom. The summed E-state index contributed by atoms with van der Waals surface area (Å²) in [4.78, 5) is 12.2. The van der Waals surface area contributed by atoms with Crippen molar-refractivity contribution < 1.29 is 14.3 Å². The maximum atomic E-state index is 12.2. The molecule has 2 aromatic carbocycles. The van der Waals surface area contributed by atoms with E-state index in [0.29, 0.717) is 22.3 Å². The fourth-order valence-corrected chi connectivity index (χ4v) is 4.20. The number of benzene rings is 2. The number of methoxy groups -OCH3 is 2. The van der Waals surface area contributed by atoms with E-state index in [0.717, 1.165) is 16.5 Å². The van der Waals surface area contributed by atoms with Crippen molar-refractivity contribution >= 4 is 39.9 Å². The monoisotopic (exact) mass is 416 g/mol. The minimum absolute atomic E-state index is 0.399. The highest BCUT2D eigenvalue weighted by Crippen LogP contribution is 2.30. The smallest absolute Gasteiger partial charge is 0.325 e. The summed E-state index contributed by atoms with van der Waals surface area (Å²) in [5, 5.41) is 14.0. The predicted octanol–water partition coefficient (Wildman–Crippen LogP) is 4.53. The van der Waals surface area contributed by atoms with Crippen LogP contribution in [0, 0.1) is 0 Å². The zero-order valence-corrected chi connectivity index (χ0v) is 17.1. The minimum atomic E-state index is -0.399. The summed E-state index contributed by atoms with van der Waals surface area (Å²) < 4.78 is 11.2. The van der Waals surface area contributed by atoms with Gasteiger partial charge in [-0.1, -0.05) is 53.4 Å². The number of amides is 2. The number of nitrogens with zero attached hydrogens (tertiary/aromatic N) is 2. The lowest BCUT2D eigenvalue weighted by atomic mass is 10.2. The van der Waals surface area contributed by atoms with Crippen molar-refractivity contribution in [2.24, 2.45) is 0 Å². The summed E-state index contributed by atoms with van der Waals surface area (Å²) in [5.41, 5.74) is 1.87. The van der Waals surface area contributed by atoms with Gasteiger partial charge in [-0.05, 0) is 24.1 Å². The molecule has 0 aliphatic heterocycles. The van der Waals surface area contributed by atoms with Crippen molar-refractivity contribution in [3.8, 4) is 11.5 Å². The second-order valence-electron chi connectivity index (χ2n) is 5.61. The van der Waals surface area contributed by atoms with Crippen LogP contribution < -0.4 is 20.1 Å². The van der Waals surface area contributed by atoms with Gasteiger partial charge in [0.15, 0.2) is 15.8 Å². The van der Waals surface area contributed by atoms with E-state index in [1.807, 2.05) is 18.2 Å². The highest BCUT2D eigenvalue weighted by Gasteiger charge is 2.11. The van der Waals surface area contributed by atoms with Gasteiger partial charge in [-0.3, -0.25) is 5.32 Å². The molecule has 28 heavy (non-hydrogen) atoms. The first-order valence-corrected chi connectivity index (χ1v) is 10.3. The zero-order chi connectivity index (χ0) is 19.8. The van der Waals surface area contributed by atoms with Crippen LogP contribution in [0.5, 0.6) is 11.5 Å². The number of hydrogen-bond acceptors (Lipinski definition) is 7. The van der Waals surface area contributed by atoms with E-state index in [-0.39, 0.29) is 0 Å². The lowest BCUT2D eigenvalue weighted by Crippen LogP contribution is -2.19. The molecule has 2 amide bonds. The van der Waals surface area contributed by atoms with Gasteiger partial charge in [-0.25, -0.2) is 4.79 Å². The van der Waals surface area contributed by atoms with E-state index < -0.39 is 6.03 Å². The van der Waals surface area contributed by atoms with E-state index in [4.69, 9.17) is 9.47 Å². The van der Waals surface area contributed by atoms with Gasteiger partial charge in [-0.2, -0.15) is 0 Å². The molecule has 1 heterocycles. The molecule has 0 spiro atoms. The van der Waals surface area contributed by atoms with E-state index in [1.165, 1.54) is 16.9 Å². The van der Waals surface area contributed by atoms with Crippen LogP contribution in [0.2, 0.25) is 0 Å². The Labute approximate surface area is 171 Å². The van der Waals surface area contributed by atoms with Gasteiger partial charge in [0.2, 0.25) is 5.13 Å². The molecule has 2 N–H and O–H groups in total. The van der Waals surface area contributed by atoms with Crippen molar-refractivity contribution in [2.75, 3.05) is 30.6 Å². The Hall–Kier alpha value is -2.78. The molecular weight excluding hydrogens is 396 g/mol. The lowest BCUT2D eigenvalue weighted by molar-refractivity contribution is 0.262. The molecule has 1 aromatic heterocycles. The summed E-state index contributed by atoms with van der Waals surface area (Å²) in [6.07, 6.45) is 0.952. The molecule has 0 saturated carbocycles. The van der Waals surface area contributed by atoms with Crippen molar-refractivity contribution in [3.63, 3.8) is 0 Å². The lowest BCUT2D eigenvalue weighted by Gasteiger charge is -2.10. The van der Waals surface area contributed by atoms with E-state index in [2.05, 4.69) is 33.0 Å². The maximum Gasteiger partial charge on any atom is 0.325 e. The average molecular weight is 417 g/mol. The Balaban J connectivity index is 1.49. The van der Waals surface area contributed by atoms with Crippen molar-refractivity contribution in [1.82, 2.24) is 10.2 Å². The van der Waals surface area contributed by atoms with Crippen LogP contribution in [0.1, 0.15) is 5.56 Å². The fraction of sp³-hybridized carbons (Fsp3) is 0.211. The number of carbonyl (C=O) groups is 1. The minimum Gasteiger partial charge on any atom is -0.493 e. The zero-order valence-electron chi connectivity index (χ0n) is 15.5. The van der Waals surface area contributed by atoms with Gasteiger partial charge in [-0.15, -0.1) is 10.2 Å². The SMILES string of the molecule is COc1ccc(NC(=O)Nc2nnc(SCCc3ccccc3)s2)cc1OC. The number of aromatic nitrogens is 2. The molecule has 9 heteroatoms. The van der Waals surface area contributed by atoms with Crippen molar-refractivity contribution in [3.05, 3.63) is 54.1 Å². The van der Waals surface area contributed by atoms with E-state index >= 15 is 0 Å². The van der Waals surface area contributed by atoms with Gasteiger partial charge in [0.1, 0.15) is 0 Å². The van der Waals surface area contributed by atoms with Crippen LogP contribution in [0.15, 0.2) is 52.9 Å². The Bertz CT molecular complexity index is 919. The van der Waals surface area contributed by atoms with Gasteiger partial charge >= 0.3 is 6.03 Å². The summed E-state index contributed by atoms with van der Waals surface area (Å²) in [7, 11) is 3.10. The second kappa shape index (κ2) is 9.95. The predicted molar refractivity (Wildman–Crippen MR) is 113 cm³/mol. The molecule has 0 atom stereocenters. The number of hydrogen-bond donors (Lipinski definition) is 2. The number of urea groups is 1. The standard InChI is InChI=1S/C19H20N4O3S2/c1-25-15-9-8-14(12-16(15)26-2)20-17(24)21-18-22-23-19(28-18)27-11-10-13-6-4-3-5-7-13/h3-9,12H,10-11H2,1-2H3,(H2,20,21,22,24). The third kappa shape index (κ3) is 5.61. The normalized spacial score (nSPS) is 10.4. The van der Waals surface area contributed by atoms with Gasteiger partial charge in [0.25, 0.3) is 0 Å². The molecular formula is C19H20N4O3S2. The first-order valence-electron chi connectivity index (χ1n) is 8.48. The molecule has 0 fully saturated rings. The average Bonchev–Trinajstić information content (AvgIpc) is 3.15. The molecule has 7 nitrogen and oxygen atoms in total. The fourth-order valence-electron chi connectivity index (χ4n) is 2.39. The van der Waals surface area contributed by atoms with Crippen molar-refractivity contribution in [1.29, 1.82) is 0 Å². The molecule has 0 aliphatic rings. The quantitative estimate of drug-likeness (QED) is 0.414. The number of thioether (sulfide) groups is 1.